The number of fused-ring (bicyclic) bond motifs is 2. The van der Waals surface area contributed by atoms with Crippen molar-refractivity contribution in [2.75, 3.05) is 19.6 Å². The van der Waals surface area contributed by atoms with Gasteiger partial charge < -0.3 is 19.9 Å². The fourth-order valence-corrected chi connectivity index (χ4v) is 5.75. The summed E-state index contributed by atoms with van der Waals surface area (Å²) < 4.78 is 6.24. The summed E-state index contributed by atoms with van der Waals surface area (Å²) in [5.74, 6) is -0.951. The summed E-state index contributed by atoms with van der Waals surface area (Å²) in [5, 5.41) is 4.26. The lowest BCUT2D eigenvalue weighted by atomic mass is 9.77. The molecule has 2 N–H and O–H groups in total. The second kappa shape index (κ2) is 7.89. The van der Waals surface area contributed by atoms with Crippen molar-refractivity contribution in [2.24, 2.45) is 11.8 Å². The van der Waals surface area contributed by atoms with Gasteiger partial charge in [-0.3, -0.25) is 9.59 Å². The van der Waals surface area contributed by atoms with Crippen molar-refractivity contribution in [3.05, 3.63) is 84.1 Å². The maximum Gasteiger partial charge on any atom is 0.230 e. The lowest BCUT2D eigenvalue weighted by Gasteiger charge is -2.23. The third-order valence-electron chi connectivity index (χ3n) is 7.36. The van der Waals surface area contributed by atoms with Crippen LogP contribution in [0.1, 0.15) is 11.1 Å². The van der Waals surface area contributed by atoms with Gasteiger partial charge in [-0.1, -0.05) is 60.7 Å². The topological polar surface area (TPSA) is 74.4 Å². The fraction of sp³-hybridized carbons (Fsp3) is 0.333. The highest BCUT2D eigenvalue weighted by Gasteiger charge is 2.66. The van der Waals surface area contributed by atoms with Gasteiger partial charge in [-0.05, 0) is 30.0 Å². The molecule has 6 nitrogen and oxygen atoms in total. The van der Waals surface area contributed by atoms with Crippen LogP contribution in [0.2, 0.25) is 0 Å². The van der Waals surface area contributed by atoms with Crippen LogP contribution in [0.4, 0.5) is 0 Å². The highest BCUT2D eigenvalue weighted by Crippen LogP contribution is 2.51. The van der Waals surface area contributed by atoms with Crippen LogP contribution in [-0.2, 0) is 27.2 Å². The number of ether oxygens (including phenoxy) is 1. The van der Waals surface area contributed by atoms with Gasteiger partial charge >= 0.3 is 0 Å². The number of para-hydroxylation sites is 1. The van der Waals surface area contributed by atoms with Crippen molar-refractivity contribution in [1.29, 1.82) is 0 Å². The van der Waals surface area contributed by atoms with E-state index >= 15 is 0 Å². The number of carbonyl (C=O) groups excluding carboxylic acids is 2. The molecule has 4 atom stereocenters. The Morgan fingerprint density at radius 2 is 1.94 bits per heavy atom. The van der Waals surface area contributed by atoms with Gasteiger partial charge in [-0.2, -0.15) is 0 Å². The maximum atomic E-state index is 13.3. The molecule has 3 aliphatic heterocycles. The maximum absolute atomic E-state index is 13.3. The van der Waals surface area contributed by atoms with Crippen LogP contribution in [0.15, 0.2) is 72.9 Å². The van der Waals surface area contributed by atoms with Gasteiger partial charge in [0, 0.05) is 30.2 Å². The standard InChI is InChI=1S/C27H27N3O3/c31-25(28-14-11-19-16-29-21-9-5-4-8-20(19)21)23-22-10-13-27(33-22)17-30(26(32)24(23)27)15-12-18-6-2-1-3-7-18/h1-10,13,16,22-24,29H,11-12,14-15,17H2,(H,28,31)/t22-,23-,24+,27-/m1/s1. The van der Waals surface area contributed by atoms with E-state index in [0.29, 0.717) is 19.6 Å². The number of aromatic amines is 1. The summed E-state index contributed by atoms with van der Waals surface area (Å²) in [4.78, 5) is 31.7. The first kappa shape index (κ1) is 20.2. The summed E-state index contributed by atoms with van der Waals surface area (Å²) in [6.07, 6.45) is 7.19. The molecule has 2 bridgehead atoms. The van der Waals surface area contributed by atoms with Gasteiger partial charge in [-0.25, -0.2) is 0 Å². The molecule has 1 spiro atoms. The predicted molar refractivity (Wildman–Crippen MR) is 125 cm³/mol. The van der Waals surface area contributed by atoms with Gasteiger partial charge in [-0.15, -0.1) is 0 Å². The number of benzene rings is 2. The van der Waals surface area contributed by atoms with Gasteiger partial charge in [0.2, 0.25) is 11.8 Å². The summed E-state index contributed by atoms with van der Waals surface area (Å²) >= 11 is 0. The Labute approximate surface area is 192 Å². The molecule has 2 amide bonds. The van der Waals surface area contributed by atoms with Crippen molar-refractivity contribution in [3.8, 4) is 0 Å². The zero-order valence-corrected chi connectivity index (χ0v) is 18.4. The Bertz CT molecular complexity index is 1230. The highest BCUT2D eigenvalue weighted by molar-refractivity contribution is 5.93. The number of nitrogens with zero attached hydrogens (tertiary/aromatic N) is 1. The largest absolute Gasteiger partial charge is 0.361 e. The number of carbonyl (C=O) groups is 2. The molecule has 3 aromatic rings. The molecule has 3 aliphatic rings. The second-order valence-corrected chi connectivity index (χ2v) is 9.30. The van der Waals surface area contributed by atoms with Crippen LogP contribution in [-0.4, -0.2) is 53.0 Å². The molecule has 33 heavy (non-hydrogen) atoms. The minimum atomic E-state index is -0.655. The van der Waals surface area contributed by atoms with Crippen molar-refractivity contribution < 1.29 is 14.3 Å². The van der Waals surface area contributed by atoms with Crippen LogP contribution < -0.4 is 5.32 Å². The summed E-state index contributed by atoms with van der Waals surface area (Å²) in [6, 6.07) is 18.3. The molecule has 0 saturated carbocycles. The van der Waals surface area contributed by atoms with Crippen molar-refractivity contribution in [2.45, 2.75) is 24.5 Å². The molecule has 1 aromatic heterocycles. The molecular formula is C27H27N3O3. The molecule has 4 heterocycles. The average molecular weight is 442 g/mol. The van der Waals surface area contributed by atoms with Crippen molar-refractivity contribution in [3.63, 3.8) is 0 Å². The van der Waals surface area contributed by atoms with E-state index in [4.69, 9.17) is 4.74 Å². The lowest BCUT2D eigenvalue weighted by molar-refractivity contribution is -0.137. The van der Waals surface area contributed by atoms with E-state index in [9.17, 15) is 9.59 Å². The van der Waals surface area contributed by atoms with E-state index in [1.54, 1.807) is 0 Å². The van der Waals surface area contributed by atoms with E-state index in [0.717, 1.165) is 18.4 Å². The number of hydrogen-bond acceptors (Lipinski definition) is 3. The van der Waals surface area contributed by atoms with Gasteiger partial charge in [0.05, 0.1) is 24.5 Å². The highest BCUT2D eigenvalue weighted by atomic mass is 16.5. The van der Waals surface area contributed by atoms with E-state index in [1.165, 1.54) is 16.5 Å². The van der Waals surface area contributed by atoms with E-state index in [1.807, 2.05) is 59.6 Å². The summed E-state index contributed by atoms with van der Waals surface area (Å²) in [7, 11) is 0. The van der Waals surface area contributed by atoms with Gasteiger partial charge in [0.1, 0.15) is 5.60 Å². The Hall–Kier alpha value is -3.38. The average Bonchev–Trinajstić information content (AvgIpc) is 3.58. The van der Waals surface area contributed by atoms with Crippen LogP contribution in [0.25, 0.3) is 10.9 Å². The number of hydrogen-bond donors (Lipinski definition) is 2. The molecular weight excluding hydrogens is 414 g/mol. The first-order valence-electron chi connectivity index (χ1n) is 11.7. The third kappa shape index (κ3) is 3.37. The minimum Gasteiger partial charge on any atom is -0.361 e. The smallest absolute Gasteiger partial charge is 0.230 e. The third-order valence-corrected chi connectivity index (χ3v) is 7.36. The Kier molecular flexibility index (Phi) is 4.84. The molecule has 2 aromatic carbocycles. The SMILES string of the molecule is O=C(NCCc1c[nH]c2ccccc12)[C@H]1[C@H]2C(=O)N(CCc3ccccc3)C[C@]23C=C[C@H]1O3. The second-order valence-electron chi connectivity index (χ2n) is 9.30. The van der Waals surface area contributed by atoms with E-state index in [-0.39, 0.29) is 17.9 Å². The molecule has 6 heteroatoms. The van der Waals surface area contributed by atoms with Crippen LogP contribution >= 0.6 is 0 Å². The fourth-order valence-electron chi connectivity index (χ4n) is 5.75. The zero-order valence-electron chi connectivity index (χ0n) is 18.4. The first-order valence-corrected chi connectivity index (χ1v) is 11.7. The number of likely N-dealkylation sites (tertiary alicyclic amines) is 1. The van der Waals surface area contributed by atoms with Crippen LogP contribution in [0.3, 0.4) is 0 Å². The lowest BCUT2D eigenvalue weighted by Crippen LogP contribution is -2.44. The quantitative estimate of drug-likeness (QED) is 0.554. The van der Waals surface area contributed by atoms with E-state index in [2.05, 4.69) is 28.5 Å². The van der Waals surface area contributed by atoms with Crippen LogP contribution in [0.5, 0.6) is 0 Å². The monoisotopic (exact) mass is 441 g/mol. The Balaban J connectivity index is 1.11. The molecule has 168 valence electrons. The Morgan fingerprint density at radius 1 is 1.12 bits per heavy atom. The van der Waals surface area contributed by atoms with E-state index < -0.39 is 17.4 Å². The van der Waals surface area contributed by atoms with Crippen LogP contribution in [0, 0.1) is 11.8 Å². The number of H-pyrrole nitrogens is 1. The number of amides is 2. The number of rotatable bonds is 7. The minimum absolute atomic E-state index is 0.0366. The molecule has 2 saturated heterocycles. The predicted octanol–water partition coefficient (Wildman–Crippen LogP) is 2.85. The summed E-state index contributed by atoms with van der Waals surface area (Å²) in [5.41, 5.74) is 2.82. The normalized spacial score (nSPS) is 27.5. The molecule has 2 fully saturated rings. The molecule has 0 aliphatic carbocycles. The molecule has 0 radical (unpaired) electrons. The Morgan fingerprint density at radius 3 is 2.82 bits per heavy atom. The molecule has 6 rings (SSSR count). The van der Waals surface area contributed by atoms with Gasteiger partial charge in [0.15, 0.2) is 0 Å². The zero-order chi connectivity index (χ0) is 22.4. The summed E-state index contributed by atoms with van der Waals surface area (Å²) in [6.45, 7) is 1.69. The van der Waals surface area contributed by atoms with Gasteiger partial charge in [0.25, 0.3) is 0 Å². The first-order chi connectivity index (χ1) is 16.1. The number of nitrogens with one attached hydrogen (secondary N) is 2. The van der Waals surface area contributed by atoms with Crippen molar-refractivity contribution in [1.82, 2.24) is 15.2 Å². The van der Waals surface area contributed by atoms with Crippen molar-refractivity contribution >= 4 is 22.7 Å². The number of aromatic nitrogens is 1. The molecule has 0 unspecified atom stereocenters.